The van der Waals surface area contributed by atoms with E-state index in [9.17, 15) is 13.5 Å². The maximum Gasteiger partial charge on any atom is 0.215 e. The first-order valence-electron chi connectivity index (χ1n) is 13.3. The summed E-state index contributed by atoms with van der Waals surface area (Å²) in [5.74, 6) is 0. The highest BCUT2D eigenvalue weighted by atomic mass is 35.5. The highest BCUT2D eigenvalue weighted by Crippen LogP contribution is 2.43. The van der Waals surface area contributed by atoms with Crippen LogP contribution in [0.3, 0.4) is 0 Å². The summed E-state index contributed by atoms with van der Waals surface area (Å²) in [6, 6.07) is 19.2. The first-order valence-corrected chi connectivity index (χ1v) is 16.1. The Bertz CT molecular complexity index is 1590. The van der Waals surface area contributed by atoms with Gasteiger partial charge >= 0.3 is 0 Å². The molecule has 6 rings (SSSR count). The summed E-state index contributed by atoms with van der Waals surface area (Å²) in [6.45, 7) is 1.52. The number of hydrogen-bond acceptors (Lipinski definition) is 6. The van der Waals surface area contributed by atoms with E-state index >= 15 is 0 Å². The van der Waals surface area contributed by atoms with Crippen LogP contribution in [0.2, 0.25) is 5.02 Å². The molecule has 0 spiro atoms. The number of thiophene rings is 1. The van der Waals surface area contributed by atoms with Gasteiger partial charge in [0, 0.05) is 45.0 Å². The highest BCUT2D eigenvalue weighted by molar-refractivity contribution is 7.90. The molecular weight excluding hydrogens is 552 g/mol. The molecule has 6 nitrogen and oxygen atoms in total. The molecule has 9 heteroatoms. The number of rotatable bonds is 10. The van der Waals surface area contributed by atoms with E-state index in [2.05, 4.69) is 35.1 Å². The summed E-state index contributed by atoms with van der Waals surface area (Å²) in [4.78, 5) is 5.63. The Balaban J connectivity index is 1.42. The average Bonchev–Trinajstić information content (AvgIpc) is 3.56. The van der Waals surface area contributed by atoms with Gasteiger partial charge in [-0.05, 0) is 72.9 Å². The van der Waals surface area contributed by atoms with Crippen LogP contribution >= 0.6 is 22.9 Å². The third kappa shape index (κ3) is 5.38. The van der Waals surface area contributed by atoms with Crippen LogP contribution in [0.5, 0.6) is 0 Å². The quantitative estimate of drug-likeness (QED) is 0.232. The van der Waals surface area contributed by atoms with Crippen LogP contribution in [-0.2, 0) is 20.2 Å². The minimum atomic E-state index is -3.47. The molecular formula is C30H31ClN2O4S2. The lowest BCUT2D eigenvalue weighted by Crippen LogP contribution is -2.31. The first-order chi connectivity index (χ1) is 18.9. The molecule has 2 atom stereocenters. The molecule has 39 heavy (non-hydrogen) atoms. The third-order valence-corrected chi connectivity index (χ3v) is 11.4. The van der Waals surface area contributed by atoms with Crippen molar-refractivity contribution in [2.75, 3.05) is 19.8 Å². The Morgan fingerprint density at radius 2 is 2.00 bits per heavy atom. The fraction of sp³-hybridized carbons (Fsp3) is 0.367. The normalized spacial score (nSPS) is 20.5. The number of sulfonamides is 1. The van der Waals surface area contributed by atoms with Crippen molar-refractivity contribution in [3.63, 3.8) is 0 Å². The lowest BCUT2D eigenvalue weighted by molar-refractivity contribution is 0.169. The third-order valence-electron chi connectivity index (χ3n) is 7.87. The van der Waals surface area contributed by atoms with E-state index in [-0.39, 0.29) is 17.3 Å². The summed E-state index contributed by atoms with van der Waals surface area (Å²) >= 11 is 8.15. The minimum Gasteiger partial charge on any atom is -0.396 e. The number of ether oxygens (including phenoxy) is 1. The second-order valence-electron chi connectivity index (χ2n) is 10.5. The molecule has 1 saturated heterocycles. The van der Waals surface area contributed by atoms with Gasteiger partial charge in [0.25, 0.3) is 0 Å². The van der Waals surface area contributed by atoms with Crippen LogP contribution in [0.15, 0.2) is 66.9 Å². The lowest BCUT2D eigenvalue weighted by atomic mass is 9.76. The number of fused-ring (bicyclic) bond motifs is 1. The van der Waals surface area contributed by atoms with Crippen molar-refractivity contribution in [2.24, 2.45) is 0 Å². The number of nitrogens with zero attached hydrogens (tertiary/aromatic N) is 1. The molecule has 2 N–H and O–H groups in total. The van der Waals surface area contributed by atoms with Gasteiger partial charge in [0.15, 0.2) is 0 Å². The standard InChI is InChI=1S/C30H31ClN2O4S2/c31-25-8-2-1-6-23(25)28(33-39(35,36)22-9-10-22)27-17-20-5-3-7-24(29(20)38-27)26-18-21(11-14-32-26)30(12-4-15-34)13-16-37-19-30/h1-3,5-8,11,14,17-18,22,28,33-34H,4,9-10,12-13,15-16,19H2. The van der Waals surface area contributed by atoms with Gasteiger partial charge in [-0.3, -0.25) is 4.98 Å². The number of aliphatic hydroxyl groups excluding tert-OH is 1. The Kier molecular flexibility index (Phi) is 7.52. The summed E-state index contributed by atoms with van der Waals surface area (Å²) in [5, 5.41) is 10.7. The van der Waals surface area contributed by atoms with Crippen LogP contribution in [0.25, 0.3) is 21.3 Å². The number of halogens is 1. The molecule has 0 amide bonds. The minimum absolute atomic E-state index is 0.120. The number of benzene rings is 2. The maximum absolute atomic E-state index is 13.0. The summed E-state index contributed by atoms with van der Waals surface area (Å²) in [7, 11) is -3.47. The lowest BCUT2D eigenvalue weighted by Gasteiger charge is -2.28. The van der Waals surface area contributed by atoms with Gasteiger partial charge in [0.05, 0.1) is 23.6 Å². The van der Waals surface area contributed by atoms with Crippen molar-refractivity contribution in [3.05, 3.63) is 87.9 Å². The molecule has 1 aliphatic carbocycles. The average molecular weight is 583 g/mol. The van der Waals surface area contributed by atoms with E-state index in [4.69, 9.17) is 21.3 Å². The largest absolute Gasteiger partial charge is 0.396 e. The SMILES string of the molecule is O=S(=O)(NC(c1cc2cccc(-c3cc(C4(CCCO)CCOC4)ccn3)c2s1)c1ccccc1Cl)C1CC1. The van der Waals surface area contributed by atoms with Gasteiger partial charge in [-0.1, -0.05) is 48.0 Å². The van der Waals surface area contributed by atoms with Gasteiger partial charge in [0.1, 0.15) is 0 Å². The second-order valence-corrected chi connectivity index (χ2v) is 14.0. The van der Waals surface area contributed by atoms with E-state index in [1.807, 2.05) is 30.5 Å². The number of aliphatic hydroxyl groups is 1. The number of hydrogen-bond donors (Lipinski definition) is 2. The molecule has 2 aliphatic rings. The molecule has 2 aromatic heterocycles. The molecule has 2 unspecified atom stereocenters. The van der Waals surface area contributed by atoms with Gasteiger partial charge in [-0.2, -0.15) is 0 Å². The smallest absolute Gasteiger partial charge is 0.215 e. The van der Waals surface area contributed by atoms with Crippen molar-refractivity contribution >= 4 is 43.0 Å². The predicted molar refractivity (Wildman–Crippen MR) is 157 cm³/mol. The van der Waals surface area contributed by atoms with Gasteiger partial charge in [-0.25, -0.2) is 13.1 Å². The van der Waals surface area contributed by atoms with Crippen LogP contribution in [0.1, 0.15) is 54.1 Å². The van der Waals surface area contributed by atoms with Crippen LogP contribution < -0.4 is 4.72 Å². The number of pyridine rings is 1. The Morgan fingerprint density at radius 1 is 1.15 bits per heavy atom. The van der Waals surface area contributed by atoms with Crippen molar-refractivity contribution in [1.82, 2.24) is 9.71 Å². The van der Waals surface area contributed by atoms with E-state index in [1.54, 1.807) is 17.4 Å². The predicted octanol–water partition coefficient (Wildman–Crippen LogP) is 6.22. The van der Waals surface area contributed by atoms with Crippen molar-refractivity contribution in [2.45, 2.75) is 48.8 Å². The van der Waals surface area contributed by atoms with Crippen LogP contribution in [-0.4, -0.2) is 43.6 Å². The zero-order valence-electron chi connectivity index (χ0n) is 21.5. The number of nitrogens with one attached hydrogen (secondary N) is 1. The second kappa shape index (κ2) is 10.9. The molecule has 204 valence electrons. The van der Waals surface area contributed by atoms with E-state index in [0.29, 0.717) is 31.1 Å². The maximum atomic E-state index is 13.0. The molecule has 1 aliphatic heterocycles. The van der Waals surface area contributed by atoms with Gasteiger partial charge < -0.3 is 9.84 Å². The summed E-state index contributed by atoms with van der Waals surface area (Å²) < 4.78 is 35.9. The zero-order valence-corrected chi connectivity index (χ0v) is 23.9. The Morgan fingerprint density at radius 3 is 2.74 bits per heavy atom. The molecule has 1 saturated carbocycles. The number of aromatic nitrogens is 1. The summed E-state index contributed by atoms with van der Waals surface area (Å²) in [6.07, 6.45) is 5.74. The van der Waals surface area contributed by atoms with Gasteiger partial charge in [-0.15, -0.1) is 11.3 Å². The topological polar surface area (TPSA) is 88.5 Å². The zero-order chi connectivity index (χ0) is 27.0. The highest BCUT2D eigenvalue weighted by Gasteiger charge is 2.39. The monoisotopic (exact) mass is 582 g/mol. The Hall–Kier alpha value is -2.33. The molecule has 3 heterocycles. The molecule has 0 radical (unpaired) electrons. The van der Waals surface area contributed by atoms with E-state index < -0.39 is 16.1 Å². The molecule has 4 aromatic rings. The fourth-order valence-electron chi connectivity index (χ4n) is 5.55. The molecule has 0 bridgehead atoms. The van der Waals surface area contributed by atoms with Crippen molar-refractivity contribution in [1.29, 1.82) is 0 Å². The molecule has 2 fully saturated rings. The van der Waals surface area contributed by atoms with E-state index in [1.165, 1.54) is 5.56 Å². The van der Waals surface area contributed by atoms with Gasteiger partial charge in [0.2, 0.25) is 10.0 Å². The van der Waals surface area contributed by atoms with Crippen LogP contribution in [0.4, 0.5) is 0 Å². The van der Waals surface area contributed by atoms with Crippen molar-refractivity contribution in [3.8, 4) is 11.3 Å². The van der Waals surface area contributed by atoms with Crippen LogP contribution in [0, 0.1) is 0 Å². The van der Waals surface area contributed by atoms with E-state index in [0.717, 1.165) is 51.0 Å². The fourth-order valence-corrected chi connectivity index (χ4v) is 8.66. The summed E-state index contributed by atoms with van der Waals surface area (Å²) in [5.41, 5.74) is 3.67. The first kappa shape index (κ1) is 26.9. The Labute approximate surface area is 238 Å². The molecule has 2 aromatic carbocycles. The van der Waals surface area contributed by atoms with Crippen molar-refractivity contribution < 1.29 is 18.3 Å².